The molecule has 18 heavy (non-hydrogen) atoms. The number of hydrogen-bond acceptors (Lipinski definition) is 2. The number of carbonyl (C=O) groups excluding carboxylic acids is 1. The molecule has 4 nitrogen and oxygen atoms in total. The summed E-state index contributed by atoms with van der Waals surface area (Å²) in [5, 5.41) is 11.7. The van der Waals surface area contributed by atoms with E-state index in [0.29, 0.717) is 17.7 Å². The molecule has 5 heteroatoms. The lowest BCUT2D eigenvalue weighted by Gasteiger charge is -2.13. The molecule has 2 N–H and O–H groups in total. The Balaban J connectivity index is 3.14. The van der Waals surface area contributed by atoms with Crippen LogP contribution in [0.3, 0.4) is 0 Å². The SMILES string of the molecule is C=CCNC(=O)c1ccc(Br)cc1C(C)C(=O)O. The van der Waals surface area contributed by atoms with E-state index in [4.69, 9.17) is 5.11 Å². The molecule has 0 fully saturated rings. The van der Waals surface area contributed by atoms with Crippen LogP contribution in [0, 0.1) is 0 Å². The summed E-state index contributed by atoms with van der Waals surface area (Å²) in [4.78, 5) is 22.9. The minimum absolute atomic E-state index is 0.300. The van der Waals surface area contributed by atoms with Crippen LogP contribution in [0.1, 0.15) is 28.8 Å². The molecule has 1 unspecified atom stereocenters. The zero-order valence-electron chi connectivity index (χ0n) is 9.94. The molecule has 0 bridgehead atoms. The molecule has 0 aromatic heterocycles. The van der Waals surface area contributed by atoms with Crippen LogP contribution in [0.25, 0.3) is 0 Å². The molecule has 1 atom stereocenters. The minimum Gasteiger partial charge on any atom is -0.481 e. The normalized spacial score (nSPS) is 11.7. The van der Waals surface area contributed by atoms with E-state index >= 15 is 0 Å². The van der Waals surface area contributed by atoms with E-state index in [-0.39, 0.29) is 5.91 Å². The third-order valence-electron chi connectivity index (χ3n) is 2.50. The van der Waals surface area contributed by atoms with Crippen LogP contribution in [0.15, 0.2) is 35.3 Å². The fourth-order valence-electron chi connectivity index (χ4n) is 1.49. The van der Waals surface area contributed by atoms with Crippen LogP contribution in [0.4, 0.5) is 0 Å². The highest BCUT2D eigenvalue weighted by Crippen LogP contribution is 2.24. The summed E-state index contributed by atoms with van der Waals surface area (Å²) in [5.41, 5.74) is 0.855. The molecule has 1 rings (SSSR count). The number of rotatable bonds is 5. The molecule has 96 valence electrons. The summed E-state index contributed by atoms with van der Waals surface area (Å²) < 4.78 is 0.742. The zero-order chi connectivity index (χ0) is 13.7. The van der Waals surface area contributed by atoms with Gasteiger partial charge in [0.05, 0.1) is 5.92 Å². The van der Waals surface area contributed by atoms with E-state index < -0.39 is 11.9 Å². The smallest absolute Gasteiger partial charge is 0.310 e. The maximum atomic E-state index is 11.9. The van der Waals surface area contributed by atoms with Crippen molar-refractivity contribution in [2.75, 3.05) is 6.54 Å². The highest BCUT2D eigenvalue weighted by Gasteiger charge is 2.21. The first-order valence-corrected chi connectivity index (χ1v) is 6.18. The Hall–Kier alpha value is -1.62. The van der Waals surface area contributed by atoms with E-state index in [2.05, 4.69) is 27.8 Å². The third-order valence-corrected chi connectivity index (χ3v) is 3.00. The van der Waals surface area contributed by atoms with E-state index in [1.165, 1.54) is 0 Å². The van der Waals surface area contributed by atoms with E-state index in [9.17, 15) is 9.59 Å². The third kappa shape index (κ3) is 3.43. The Morgan fingerprint density at radius 1 is 1.56 bits per heavy atom. The monoisotopic (exact) mass is 311 g/mol. The van der Waals surface area contributed by atoms with Gasteiger partial charge in [-0.15, -0.1) is 6.58 Å². The first-order valence-electron chi connectivity index (χ1n) is 5.38. The molecule has 0 aliphatic heterocycles. The van der Waals surface area contributed by atoms with Gasteiger partial charge in [-0.05, 0) is 30.7 Å². The summed E-state index contributed by atoms with van der Waals surface area (Å²) in [7, 11) is 0. The van der Waals surface area contributed by atoms with Gasteiger partial charge in [-0.3, -0.25) is 9.59 Å². The first kappa shape index (κ1) is 14.4. The standard InChI is InChI=1S/C13H14BrNO3/c1-3-6-15-12(16)10-5-4-9(14)7-11(10)8(2)13(17)18/h3-5,7-8H,1,6H2,2H3,(H,15,16)(H,17,18). The van der Waals surface area contributed by atoms with Gasteiger partial charge >= 0.3 is 5.97 Å². The molecule has 1 amide bonds. The number of carboxylic acids is 1. The van der Waals surface area contributed by atoms with E-state index in [1.807, 2.05) is 0 Å². The van der Waals surface area contributed by atoms with Crippen LogP contribution < -0.4 is 5.32 Å². The second-order valence-corrected chi connectivity index (χ2v) is 4.71. The molecule has 0 saturated carbocycles. The number of hydrogen-bond donors (Lipinski definition) is 2. The Labute approximate surface area is 114 Å². The van der Waals surface area contributed by atoms with Crippen LogP contribution in [-0.2, 0) is 4.79 Å². The minimum atomic E-state index is -0.967. The molecule has 0 aliphatic carbocycles. The van der Waals surface area contributed by atoms with Gasteiger partial charge in [-0.25, -0.2) is 0 Å². The van der Waals surface area contributed by atoms with Gasteiger partial charge in [0.25, 0.3) is 5.91 Å². The van der Waals surface area contributed by atoms with Gasteiger partial charge in [0, 0.05) is 16.6 Å². The fourth-order valence-corrected chi connectivity index (χ4v) is 1.87. The van der Waals surface area contributed by atoms with Gasteiger partial charge in [0.2, 0.25) is 0 Å². The van der Waals surface area contributed by atoms with Crippen molar-refractivity contribution in [3.63, 3.8) is 0 Å². The van der Waals surface area contributed by atoms with Crippen molar-refractivity contribution in [1.29, 1.82) is 0 Å². The summed E-state index contributed by atoms with van der Waals surface area (Å²) in [6.45, 7) is 5.40. The van der Waals surface area contributed by atoms with E-state index in [1.54, 1.807) is 31.2 Å². The number of carboxylic acid groups (broad SMARTS) is 1. The Morgan fingerprint density at radius 3 is 2.78 bits per heavy atom. The summed E-state index contributed by atoms with van der Waals surface area (Å²) in [6.07, 6.45) is 1.57. The predicted octanol–water partition coefficient (Wildman–Crippen LogP) is 2.55. The Bertz CT molecular complexity index is 485. The van der Waals surface area contributed by atoms with Gasteiger partial charge in [0.1, 0.15) is 0 Å². The lowest BCUT2D eigenvalue weighted by Crippen LogP contribution is -2.25. The first-order chi connectivity index (χ1) is 8.47. The summed E-state index contributed by atoms with van der Waals surface area (Å²) >= 11 is 3.27. The zero-order valence-corrected chi connectivity index (χ0v) is 11.5. The van der Waals surface area contributed by atoms with Crippen molar-refractivity contribution in [2.45, 2.75) is 12.8 Å². The predicted molar refractivity (Wildman–Crippen MR) is 72.7 cm³/mol. The fraction of sp³-hybridized carbons (Fsp3) is 0.231. The Kier molecular flexibility index (Phi) is 5.09. The topological polar surface area (TPSA) is 66.4 Å². The molecule has 0 radical (unpaired) electrons. The number of carbonyl (C=O) groups is 2. The number of benzene rings is 1. The average Bonchev–Trinajstić information content (AvgIpc) is 2.34. The average molecular weight is 312 g/mol. The lowest BCUT2D eigenvalue weighted by molar-refractivity contribution is -0.138. The molecule has 0 saturated heterocycles. The Morgan fingerprint density at radius 2 is 2.22 bits per heavy atom. The van der Waals surface area contributed by atoms with Crippen molar-refractivity contribution in [3.05, 3.63) is 46.5 Å². The van der Waals surface area contributed by atoms with Gasteiger partial charge < -0.3 is 10.4 Å². The van der Waals surface area contributed by atoms with Crippen LogP contribution >= 0.6 is 15.9 Å². The molecule has 0 spiro atoms. The molecule has 0 aliphatic rings. The molecule has 1 aromatic carbocycles. The van der Waals surface area contributed by atoms with Gasteiger partial charge in [-0.1, -0.05) is 22.0 Å². The molecular weight excluding hydrogens is 298 g/mol. The number of halogens is 1. The maximum Gasteiger partial charge on any atom is 0.310 e. The number of aliphatic carboxylic acids is 1. The lowest BCUT2D eigenvalue weighted by atomic mass is 9.95. The van der Waals surface area contributed by atoms with Crippen LogP contribution in [0.2, 0.25) is 0 Å². The number of nitrogens with one attached hydrogen (secondary N) is 1. The largest absolute Gasteiger partial charge is 0.481 e. The molecular formula is C13H14BrNO3. The second kappa shape index (κ2) is 6.35. The quantitative estimate of drug-likeness (QED) is 0.821. The van der Waals surface area contributed by atoms with Crippen LogP contribution in [0.5, 0.6) is 0 Å². The summed E-state index contributed by atoms with van der Waals surface area (Å²) in [6, 6.07) is 4.97. The number of amides is 1. The van der Waals surface area contributed by atoms with Gasteiger partial charge in [0.15, 0.2) is 0 Å². The van der Waals surface area contributed by atoms with Crippen molar-refractivity contribution in [2.24, 2.45) is 0 Å². The van der Waals surface area contributed by atoms with Crippen molar-refractivity contribution < 1.29 is 14.7 Å². The van der Waals surface area contributed by atoms with Gasteiger partial charge in [-0.2, -0.15) is 0 Å². The van der Waals surface area contributed by atoms with Crippen molar-refractivity contribution in [3.8, 4) is 0 Å². The van der Waals surface area contributed by atoms with Crippen molar-refractivity contribution in [1.82, 2.24) is 5.32 Å². The van der Waals surface area contributed by atoms with Crippen molar-refractivity contribution >= 4 is 27.8 Å². The maximum absolute atomic E-state index is 11.9. The highest BCUT2D eigenvalue weighted by molar-refractivity contribution is 9.10. The van der Waals surface area contributed by atoms with Crippen LogP contribution in [-0.4, -0.2) is 23.5 Å². The summed E-state index contributed by atoms with van der Waals surface area (Å²) in [5.74, 6) is -2.01. The van der Waals surface area contributed by atoms with E-state index in [0.717, 1.165) is 4.47 Å². The second-order valence-electron chi connectivity index (χ2n) is 3.79. The molecule has 0 heterocycles. The highest BCUT2D eigenvalue weighted by atomic mass is 79.9. The molecule has 1 aromatic rings.